The van der Waals surface area contributed by atoms with E-state index in [-0.39, 0.29) is 45.3 Å². The fourth-order valence-electron chi connectivity index (χ4n) is 3.61. The number of anilines is 1. The molecule has 1 N–H and O–H groups in total. The second-order valence-corrected chi connectivity index (χ2v) is 10.4. The summed E-state index contributed by atoms with van der Waals surface area (Å²) in [7, 11) is -1.51. The van der Waals surface area contributed by atoms with Crippen LogP contribution in [-0.2, 0) is 24.3 Å². The van der Waals surface area contributed by atoms with Crippen LogP contribution in [0.1, 0.15) is 29.9 Å². The molecule has 0 bridgehead atoms. The van der Waals surface area contributed by atoms with E-state index in [1.165, 1.54) is 58.7 Å². The van der Waals surface area contributed by atoms with Crippen molar-refractivity contribution in [3.8, 4) is 34.5 Å². The van der Waals surface area contributed by atoms with E-state index in [0.29, 0.717) is 5.75 Å². The Balaban J connectivity index is 1.80. The third-order valence-corrected chi connectivity index (χ3v) is 6.79. The maximum Gasteiger partial charge on any atom is 0.360 e. The van der Waals surface area contributed by atoms with E-state index >= 15 is 0 Å². The maximum atomic E-state index is 13.3. The summed E-state index contributed by atoms with van der Waals surface area (Å²) in [6, 6.07) is 12.4. The smallest absolute Gasteiger partial charge is 0.360 e. The number of carbonyl (C=O) groups excluding carboxylic acids is 2. The zero-order valence-electron chi connectivity index (χ0n) is 23.7. The lowest BCUT2D eigenvalue weighted by Gasteiger charge is -2.17. The number of nitrogens with zero attached hydrogens (tertiary/aromatic N) is 4. The topological polar surface area (TPSA) is 178 Å². The number of nitrogens with one attached hydrogen (secondary N) is 1. The molecule has 0 aliphatic rings. The summed E-state index contributed by atoms with van der Waals surface area (Å²) in [5, 5.41) is -0.267. The summed E-state index contributed by atoms with van der Waals surface area (Å²) in [6.07, 6.45) is 1.55. The number of aryl methyl sites for hydroxylation is 1. The molecule has 4 aromatic rings. The Morgan fingerprint density at radius 2 is 1.67 bits per heavy atom. The van der Waals surface area contributed by atoms with Crippen LogP contribution in [0.15, 0.2) is 66.0 Å². The Morgan fingerprint density at radius 1 is 0.930 bits per heavy atom. The molecule has 0 aliphatic carbocycles. The summed E-state index contributed by atoms with van der Waals surface area (Å²) < 4.78 is 55.9. The third-order valence-electron chi connectivity index (χ3n) is 5.53. The molecule has 43 heavy (non-hydrogen) atoms. The molecular formula is C28H27N5O9S. The van der Waals surface area contributed by atoms with Crippen LogP contribution in [-0.4, -0.2) is 60.8 Å². The lowest BCUT2D eigenvalue weighted by molar-refractivity contribution is -0.162. The molecule has 4 rings (SSSR count). The Morgan fingerprint density at radius 3 is 2.33 bits per heavy atom. The average Bonchev–Trinajstić information content (AvgIpc) is 2.97. The van der Waals surface area contributed by atoms with Crippen LogP contribution in [0, 0.1) is 6.92 Å². The predicted molar refractivity (Wildman–Crippen MR) is 151 cm³/mol. The van der Waals surface area contributed by atoms with Gasteiger partial charge in [0.15, 0.2) is 28.2 Å². The number of rotatable bonds is 11. The van der Waals surface area contributed by atoms with Gasteiger partial charge in [0.05, 0.1) is 14.2 Å². The second kappa shape index (κ2) is 13.1. The van der Waals surface area contributed by atoms with Gasteiger partial charge in [0.25, 0.3) is 15.9 Å². The fraction of sp³-hybridized carbons (Fsp3) is 0.214. The Bertz CT molecular complexity index is 1750. The molecule has 0 radical (unpaired) electrons. The number of sulfonamides is 1. The van der Waals surface area contributed by atoms with E-state index < -0.39 is 28.3 Å². The van der Waals surface area contributed by atoms with E-state index in [0.717, 1.165) is 5.56 Å². The van der Waals surface area contributed by atoms with Crippen molar-refractivity contribution in [1.82, 2.24) is 19.9 Å². The molecule has 224 valence electrons. The average molecular weight is 610 g/mol. The molecule has 0 fully saturated rings. The van der Waals surface area contributed by atoms with Crippen molar-refractivity contribution in [3.05, 3.63) is 72.2 Å². The number of carbonyl (C=O) groups is 2. The number of pyridine rings is 2. The van der Waals surface area contributed by atoms with Crippen molar-refractivity contribution >= 4 is 27.8 Å². The van der Waals surface area contributed by atoms with Crippen molar-refractivity contribution in [2.45, 2.75) is 32.1 Å². The summed E-state index contributed by atoms with van der Waals surface area (Å²) >= 11 is 0. The molecule has 1 aromatic carbocycles. The highest BCUT2D eigenvalue weighted by atomic mass is 32.2. The van der Waals surface area contributed by atoms with Gasteiger partial charge in [-0.25, -0.2) is 19.7 Å². The first-order valence-corrected chi connectivity index (χ1v) is 14.1. The molecular weight excluding hydrogens is 582 g/mol. The number of hydrogen-bond donors (Lipinski definition) is 1. The van der Waals surface area contributed by atoms with E-state index in [1.54, 1.807) is 37.3 Å². The van der Waals surface area contributed by atoms with Crippen LogP contribution >= 0.6 is 0 Å². The van der Waals surface area contributed by atoms with Gasteiger partial charge in [0.2, 0.25) is 12.0 Å². The normalized spacial score (nSPS) is 11.7. The third kappa shape index (κ3) is 7.51. The highest BCUT2D eigenvalue weighted by Gasteiger charge is 2.26. The van der Waals surface area contributed by atoms with Crippen molar-refractivity contribution in [1.29, 1.82) is 0 Å². The molecule has 1 atom stereocenters. The number of methoxy groups -OCH3 is 2. The standard InChI is InChI=1S/C28H27N5O9S/c1-16-10-11-23(30-15-16)43(36,37)33-26-24(42-22-9-7-6-8-21(22)38-4)27(39-5)32-25(31-26)19-12-13-29-20(14-19)28(35)41-18(3)40-17(2)34/h6-15,18H,1-5H3,(H,31,32,33). The van der Waals surface area contributed by atoms with Crippen LogP contribution in [0.4, 0.5) is 5.82 Å². The monoisotopic (exact) mass is 609 g/mol. The number of esters is 2. The van der Waals surface area contributed by atoms with Gasteiger partial charge < -0.3 is 23.7 Å². The van der Waals surface area contributed by atoms with Gasteiger partial charge in [-0.2, -0.15) is 13.4 Å². The minimum absolute atomic E-state index is 0.0525. The lowest BCUT2D eigenvalue weighted by atomic mass is 10.2. The fourth-order valence-corrected chi connectivity index (χ4v) is 4.55. The van der Waals surface area contributed by atoms with E-state index in [2.05, 4.69) is 24.7 Å². The van der Waals surface area contributed by atoms with Gasteiger partial charge in [-0.1, -0.05) is 18.2 Å². The highest BCUT2D eigenvalue weighted by molar-refractivity contribution is 7.92. The number of aromatic nitrogens is 4. The molecule has 15 heteroatoms. The zero-order valence-corrected chi connectivity index (χ0v) is 24.5. The van der Waals surface area contributed by atoms with Crippen molar-refractivity contribution in [3.63, 3.8) is 0 Å². The van der Waals surface area contributed by atoms with Gasteiger partial charge >= 0.3 is 11.9 Å². The van der Waals surface area contributed by atoms with Crippen LogP contribution in [0.25, 0.3) is 11.4 Å². The number of benzene rings is 1. The zero-order chi connectivity index (χ0) is 31.1. The largest absolute Gasteiger partial charge is 0.493 e. The number of para-hydroxylation sites is 2. The van der Waals surface area contributed by atoms with Crippen LogP contribution < -0.4 is 18.9 Å². The van der Waals surface area contributed by atoms with Crippen molar-refractivity contribution < 1.29 is 41.7 Å². The minimum Gasteiger partial charge on any atom is -0.493 e. The molecule has 0 saturated carbocycles. The van der Waals surface area contributed by atoms with Gasteiger partial charge in [-0.3, -0.25) is 9.52 Å². The highest BCUT2D eigenvalue weighted by Crippen LogP contribution is 2.41. The van der Waals surface area contributed by atoms with Crippen LogP contribution in [0.2, 0.25) is 0 Å². The first-order chi connectivity index (χ1) is 20.5. The van der Waals surface area contributed by atoms with Gasteiger partial charge in [0, 0.05) is 31.8 Å². The second-order valence-electron chi connectivity index (χ2n) is 8.78. The SMILES string of the molecule is COc1ccccc1Oc1c(NS(=O)(=O)c2ccc(C)cn2)nc(-c2ccnc(C(=O)OC(C)OC(C)=O)c2)nc1OC. The summed E-state index contributed by atoms with van der Waals surface area (Å²) in [6.45, 7) is 4.32. The van der Waals surface area contributed by atoms with Crippen molar-refractivity contribution in [2.24, 2.45) is 0 Å². The molecule has 0 spiro atoms. The number of ether oxygens (including phenoxy) is 5. The number of hydrogen-bond acceptors (Lipinski definition) is 13. The van der Waals surface area contributed by atoms with Crippen molar-refractivity contribution in [2.75, 3.05) is 18.9 Å². The predicted octanol–water partition coefficient (Wildman–Crippen LogP) is 3.92. The van der Waals surface area contributed by atoms with Gasteiger partial charge in [0.1, 0.15) is 5.69 Å². The van der Waals surface area contributed by atoms with E-state index in [1.807, 2.05) is 0 Å². The molecule has 14 nitrogen and oxygen atoms in total. The van der Waals surface area contributed by atoms with Gasteiger partial charge in [-0.05, 0) is 42.8 Å². The molecule has 3 heterocycles. The summed E-state index contributed by atoms with van der Waals surface area (Å²) in [4.78, 5) is 40.6. The molecule has 3 aromatic heterocycles. The molecule has 1 unspecified atom stereocenters. The first-order valence-electron chi connectivity index (χ1n) is 12.6. The molecule has 0 saturated heterocycles. The van der Waals surface area contributed by atoms with E-state index in [9.17, 15) is 18.0 Å². The van der Waals surface area contributed by atoms with Crippen LogP contribution in [0.3, 0.4) is 0 Å². The molecule has 0 amide bonds. The van der Waals surface area contributed by atoms with Crippen LogP contribution in [0.5, 0.6) is 23.1 Å². The first kappa shape index (κ1) is 30.6. The van der Waals surface area contributed by atoms with E-state index in [4.69, 9.17) is 23.7 Å². The minimum atomic E-state index is -4.28. The summed E-state index contributed by atoms with van der Waals surface area (Å²) in [5.41, 5.74) is 0.858. The Labute approximate surface area is 247 Å². The maximum absolute atomic E-state index is 13.3. The Hall–Kier alpha value is -5.31. The summed E-state index contributed by atoms with van der Waals surface area (Å²) in [5.74, 6) is -1.60. The van der Waals surface area contributed by atoms with Gasteiger partial charge in [-0.15, -0.1) is 0 Å². The Kier molecular flexibility index (Phi) is 9.35. The molecule has 0 aliphatic heterocycles. The lowest BCUT2D eigenvalue weighted by Crippen LogP contribution is -2.21. The quantitative estimate of drug-likeness (QED) is 0.191.